The van der Waals surface area contributed by atoms with Crippen molar-refractivity contribution in [3.05, 3.63) is 63.8 Å². The van der Waals surface area contributed by atoms with Crippen LogP contribution in [0.1, 0.15) is 10.4 Å². The average molecular weight is 303 g/mol. The maximum Gasteiger partial charge on any atom is 0.137 e. The quantitative estimate of drug-likeness (QED) is 0.688. The highest BCUT2D eigenvalue weighted by Crippen LogP contribution is 2.23. The van der Waals surface area contributed by atoms with Gasteiger partial charge in [-0.25, -0.2) is 9.67 Å². The molecule has 0 radical (unpaired) electrons. The van der Waals surface area contributed by atoms with Crippen molar-refractivity contribution in [1.82, 2.24) is 14.8 Å². The van der Waals surface area contributed by atoms with Crippen LogP contribution in [0, 0.1) is 0 Å². The third-order valence-electron chi connectivity index (χ3n) is 2.72. The Labute approximate surface area is 125 Å². The SMILES string of the molecule is Clc1cc(N=Cc2cccs2)ccc1Cn1cncn1. The van der Waals surface area contributed by atoms with E-state index in [1.165, 1.54) is 6.33 Å². The highest BCUT2D eigenvalue weighted by atomic mass is 35.5. The fraction of sp³-hybridized carbons (Fsp3) is 0.0714. The normalized spacial score (nSPS) is 11.2. The standard InChI is InChI=1S/C14H11ClN4S/c15-14-6-12(17-7-13-2-1-5-20-13)4-3-11(14)8-19-10-16-9-18-19/h1-7,9-10H,8H2. The zero-order chi connectivity index (χ0) is 13.8. The molecule has 100 valence electrons. The van der Waals surface area contributed by atoms with Gasteiger partial charge in [0.15, 0.2) is 0 Å². The number of rotatable bonds is 4. The Morgan fingerprint density at radius 2 is 2.30 bits per heavy atom. The van der Waals surface area contributed by atoms with Crippen LogP contribution in [0.15, 0.2) is 53.4 Å². The van der Waals surface area contributed by atoms with Gasteiger partial charge in [-0.3, -0.25) is 4.99 Å². The zero-order valence-electron chi connectivity index (χ0n) is 10.5. The second-order valence-electron chi connectivity index (χ2n) is 4.14. The number of aromatic nitrogens is 3. The van der Waals surface area contributed by atoms with Gasteiger partial charge in [-0.2, -0.15) is 5.10 Å². The Bertz CT molecular complexity index is 705. The number of hydrogen-bond donors (Lipinski definition) is 0. The second kappa shape index (κ2) is 5.98. The van der Waals surface area contributed by atoms with Gasteiger partial charge in [0.2, 0.25) is 0 Å². The second-order valence-corrected chi connectivity index (χ2v) is 5.53. The number of nitrogens with zero attached hydrogens (tertiary/aromatic N) is 4. The summed E-state index contributed by atoms with van der Waals surface area (Å²) in [5.41, 5.74) is 1.83. The molecule has 1 aromatic carbocycles. The molecule has 4 nitrogen and oxygen atoms in total. The molecule has 0 saturated heterocycles. The van der Waals surface area contributed by atoms with Crippen LogP contribution in [-0.2, 0) is 6.54 Å². The largest absolute Gasteiger partial charge is 0.255 e. The Hall–Kier alpha value is -1.98. The van der Waals surface area contributed by atoms with Gasteiger partial charge in [-0.1, -0.05) is 23.7 Å². The minimum atomic E-state index is 0.605. The summed E-state index contributed by atoms with van der Waals surface area (Å²) >= 11 is 7.93. The van der Waals surface area contributed by atoms with Gasteiger partial charge >= 0.3 is 0 Å². The fourth-order valence-electron chi connectivity index (χ4n) is 1.74. The highest BCUT2D eigenvalue weighted by molar-refractivity contribution is 7.11. The van der Waals surface area contributed by atoms with Gasteiger partial charge in [0, 0.05) is 16.1 Å². The van der Waals surface area contributed by atoms with E-state index in [1.54, 1.807) is 22.3 Å². The lowest BCUT2D eigenvalue weighted by molar-refractivity contribution is 0.685. The zero-order valence-corrected chi connectivity index (χ0v) is 12.1. The molecule has 0 atom stereocenters. The van der Waals surface area contributed by atoms with Crippen LogP contribution in [0.2, 0.25) is 5.02 Å². The van der Waals surface area contributed by atoms with Crippen LogP contribution in [0.4, 0.5) is 5.69 Å². The molecule has 2 aromatic heterocycles. The molecule has 6 heteroatoms. The predicted molar refractivity (Wildman–Crippen MR) is 82.1 cm³/mol. The minimum Gasteiger partial charge on any atom is -0.255 e. The highest BCUT2D eigenvalue weighted by Gasteiger charge is 2.03. The summed E-state index contributed by atoms with van der Waals surface area (Å²) in [5.74, 6) is 0. The predicted octanol–water partition coefficient (Wildman–Crippen LogP) is 3.79. The van der Waals surface area contributed by atoms with E-state index in [-0.39, 0.29) is 0 Å². The fourth-order valence-corrected chi connectivity index (χ4v) is 2.56. The average Bonchev–Trinajstić information content (AvgIpc) is 3.12. The Morgan fingerprint density at radius 3 is 3.00 bits per heavy atom. The molecular weight excluding hydrogens is 292 g/mol. The van der Waals surface area contributed by atoms with Crippen LogP contribution < -0.4 is 0 Å². The summed E-state index contributed by atoms with van der Waals surface area (Å²) < 4.78 is 1.73. The molecule has 0 saturated carbocycles. The van der Waals surface area contributed by atoms with Gasteiger partial charge in [0.25, 0.3) is 0 Å². The van der Waals surface area contributed by atoms with Crippen molar-refractivity contribution in [2.45, 2.75) is 6.54 Å². The van der Waals surface area contributed by atoms with E-state index >= 15 is 0 Å². The van der Waals surface area contributed by atoms with Crippen molar-refractivity contribution < 1.29 is 0 Å². The van der Waals surface area contributed by atoms with Crippen LogP contribution in [0.5, 0.6) is 0 Å². The third-order valence-corrected chi connectivity index (χ3v) is 3.88. The first-order chi connectivity index (χ1) is 9.81. The van der Waals surface area contributed by atoms with Crippen LogP contribution in [0.25, 0.3) is 0 Å². The molecule has 0 fully saturated rings. The van der Waals surface area contributed by atoms with Gasteiger partial charge in [0.05, 0.1) is 12.2 Å². The lowest BCUT2D eigenvalue weighted by Crippen LogP contribution is -2.00. The number of halogens is 1. The molecule has 3 rings (SSSR count). The Morgan fingerprint density at radius 1 is 1.35 bits per heavy atom. The molecule has 0 N–H and O–H groups in total. The number of benzene rings is 1. The van der Waals surface area contributed by atoms with E-state index in [0.717, 1.165) is 16.1 Å². The molecular formula is C14H11ClN4S. The van der Waals surface area contributed by atoms with Crippen molar-refractivity contribution >= 4 is 34.8 Å². The monoisotopic (exact) mass is 302 g/mol. The lowest BCUT2D eigenvalue weighted by atomic mass is 10.2. The molecule has 2 heterocycles. The summed E-state index contributed by atoms with van der Waals surface area (Å²) in [7, 11) is 0. The Balaban J connectivity index is 1.77. The first-order valence-corrected chi connectivity index (χ1v) is 7.25. The van der Waals surface area contributed by atoms with Crippen molar-refractivity contribution in [2.75, 3.05) is 0 Å². The molecule has 20 heavy (non-hydrogen) atoms. The molecule has 0 aliphatic carbocycles. The molecule has 0 spiro atoms. The summed E-state index contributed by atoms with van der Waals surface area (Å²) in [6.07, 6.45) is 5.01. The molecule has 0 amide bonds. The van der Waals surface area contributed by atoms with E-state index in [1.807, 2.05) is 41.9 Å². The first-order valence-electron chi connectivity index (χ1n) is 6.00. The van der Waals surface area contributed by atoms with Crippen molar-refractivity contribution in [3.63, 3.8) is 0 Å². The lowest BCUT2D eigenvalue weighted by Gasteiger charge is -2.04. The third kappa shape index (κ3) is 3.12. The van der Waals surface area contributed by atoms with Crippen molar-refractivity contribution in [1.29, 1.82) is 0 Å². The van der Waals surface area contributed by atoms with Gasteiger partial charge in [-0.15, -0.1) is 11.3 Å². The van der Waals surface area contributed by atoms with Gasteiger partial charge in [0.1, 0.15) is 12.7 Å². The van der Waals surface area contributed by atoms with E-state index in [2.05, 4.69) is 15.1 Å². The number of hydrogen-bond acceptors (Lipinski definition) is 4. The van der Waals surface area contributed by atoms with E-state index in [9.17, 15) is 0 Å². The molecule has 0 unspecified atom stereocenters. The topological polar surface area (TPSA) is 43.1 Å². The van der Waals surface area contributed by atoms with E-state index in [0.29, 0.717) is 11.6 Å². The maximum atomic E-state index is 6.27. The summed E-state index contributed by atoms with van der Waals surface area (Å²) in [6.45, 7) is 0.605. The first kappa shape index (κ1) is 13.0. The number of aliphatic imine (C=N–C) groups is 1. The minimum absolute atomic E-state index is 0.605. The van der Waals surface area contributed by atoms with Crippen LogP contribution in [-0.4, -0.2) is 21.0 Å². The van der Waals surface area contributed by atoms with E-state index < -0.39 is 0 Å². The van der Waals surface area contributed by atoms with Gasteiger partial charge in [-0.05, 0) is 29.1 Å². The molecule has 0 aliphatic heterocycles. The van der Waals surface area contributed by atoms with E-state index in [4.69, 9.17) is 11.6 Å². The summed E-state index contributed by atoms with van der Waals surface area (Å²) in [6, 6.07) is 9.79. The van der Waals surface area contributed by atoms with Crippen molar-refractivity contribution in [3.8, 4) is 0 Å². The van der Waals surface area contributed by atoms with Crippen molar-refractivity contribution in [2.24, 2.45) is 4.99 Å². The van der Waals surface area contributed by atoms with Gasteiger partial charge < -0.3 is 0 Å². The smallest absolute Gasteiger partial charge is 0.137 e. The Kier molecular flexibility index (Phi) is 3.90. The molecule has 0 aliphatic rings. The van der Waals surface area contributed by atoms with Crippen LogP contribution in [0.3, 0.4) is 0 Å². The molecule has 3 aromatic rings. The number of thiophene rings is 1. The van der Waals surface area contributed by atoms with Crippen LogP contribution >= 0.6 is 22.9 Å². The summed E-state index contributed by atoms with van der Waals surface area (Å²) in [5, 5.41) is 6.77. The maximum absolute atomic E-state index is 6.27. The molecule has 0 bridgehead atoms. The summed E-state index contributed by atoms with van der Waals surface area (Å²) in [4.78, 5) is 9.44.